The number of nitrogens with one attached hydrogen (secondary N) is 3. The number of aliphatic carboxylic acids is 1. The zero-order chi connectivity index (χ0) is 27.6. The number of aromatic hydroxyl groups is 1. The summed E-state index contributed by atoms with van der Waals surface area (Å²) in [7, 11) is 0. The van der Waals surface area contributed by atoms with Crippen LogP contribution in [0.25, 0.3) is 0 Å². The van der Waals surface area contributed by atoms with Gasteiger partial charge in [-0.2, -0.15) is 0 Å². The molecule has 0 saturated carbocycles. The molecule has 10 N–H and O–H groups in total. The summed E-state index contributed by atoms with van der Waals surface area (Å²) in [5, 5.41) is 35.8. The van der Waals surface area contributed by atoms with E-state index in [0.29, 0.717) is 12.0 Å². The van der Waals surface area contributed by atoms with E-state index < -0.39 is 66.3 Å². The highest BCUT2D eigenvalue weighted by atomic mass is 16.4. The molecular formula is C23H35N5O8. The molecule has 0 heterocycles. The van der Waals surface area contributed by atoms with Crippen molar-refractivity contribution in [3.63, 3.8) is 0 Å². The predicted octanol–water partition coefficient (Wildman–Crippen LogP) is -1.90. The topological polar surface area (TPSA) is 234 Å². The van der Waals surface area contributed by atoms with E-state index >= 15 is 0 Å². The number of carbonyl (C=O) groups excluding carboxylic acids is 4. The molecule has 0 aliphatic carbocycles. The van der Waals surface area contributed by atoms with Crippen LogP contribution in [-0.2, 0) is 30.4 Å². The molecule has 5 atom stereocenters. The Morgan fingerprint density at radius 1 is 0.889 bits per heavy atom. The number of carboxylic acids is 1. The van der Waals surface area contributed by atoms with Gasteiger partial charge in [-0.15, -0.1) is 0 Å². The van der Waals surface area contributed by atoms with Crippen LogP contribution in [0.2, 0.25) is 0 Å². The molecule has 36 heavy (non-hydrogen) atoms. The van der Waals surface area contributed by atoms with Gasteiger partial charge in [-0.25, -0.2) is 4.79 Å². The van der Waals surface area contributed by atoms with Crippen LogP contribution in [0.3, 0.4) is 0 Å². The second kappa shape index (κ2) is 14.0. The first-order valence-electron chi connectivity index (χ1n) is 11.3. The van der Waals surface area contributed by atoms with Crippen LogP contribution in [0.5, 0.6) is 5.75 Å². The van der Waals surface area contributed by atoms with Gasteiger partial charge in [0, 0.05) is 6.42 Å². The van der Waals surface area contributed by atoms with Gasteiger partial charge in [0.25, 0.3) is 0 Å². The van der Waals surface area contributed by atoms with Gasteiger partial charge in [0.2, 0.25) is 23.6 Å². The average Bonchev–Trinajstić information content (AvgIpc) is 2.76. The quantitative estimate of drug-likeness (QED) is 0.140. The maximum atomic E-state index is 13.0. The van der Waals surface area contributed by atoms with E-state index in [-0.39, 0.29) is 18.1 Å². The van der Waals surface area contributed by atoms with Crippen LogP contribution in [0.4, 0.5) is 0 Å². The molecule has 4 amide bonds. The van der Waals surface area contributed by atoms with Gasteiger partial charge in [0.15, 0.2) is 0 Å². The number of aliphatic hydroxyl groups is 1. The first-order valence-corrected chi connectivity index (χ1v) is 11.3. The Balaban J connectivity index is 3.13. The number of benzene rings is 1. The van der Waals surface area contributed by atoms with Gasteiger partial charge in [-0.05, 0) is 37.0 Å². The third-order valence-corrected chi connectivity index (χ3v) is 5.15. The lowest BCUT2D eigenvalue weighted by Crippen LogP contribution is -2.60. The summed E-state index contributed by atoms with van der Waals surface area (Å²) < 4.78 is 0. The number of nitrogens with two attached hydrogens (primary N) is 2. The fourth-order valence-corrected chi connectivity index (χ4v) is 3.29. The summed E-state index contributed by atoms with van der Waals surface area (Å²) in [6.07, 6.45) is -1.85. The van der Waals surface area contributed by atoms with Crippen LogP contribution in [0, 0.1) is 5.92 Å². The van der Waals surface area contributed by atoms with Gasteiger partial charge >= 0.3 is 5.97 Å². The molecule has 0 fully saturated rings. The predicted molar refractivity (Wildman–Crippen MR) is 128 cm³/mol. The molecule has 13 nitrogen and oxygen atoms in total. The van der Waals surface area contributed by atoms with Crippen LogP contribution in [0.1, 0.15) is 39.2 Å². The molecule has 0 aliphatic rings. The number of rotatable bonds is 14. The van der Waals surface area contributed by atoms with Crippen LogP contribution in [0.15, 0.2) is 24.3 Å². The summed E-state index contributed by atoms with van der Waals surface area (Å²) in [6.45, 7) is 4.99. The van der Waals surface area contributed by atoms with Crippen molar-refractivity contribution in [1.82, 2.24) is 16.0 Å². The fourth-order valence-electron chi connectivity index (χ4n) is 3.29. The molecule has 0 aromatic heterocycles. The molecule has 1 rings (SSSR count). The maximum absolute atomic E-state index is 13.0. The van der Waals surface area contributed by atoms with E-state index in [1.54, 1.807) is 0 Å². The summed E-state index contributed by atoms with van der Waals surface area (Å²) in [5.41, 5.74) is 11.4. The maximum Gasteiger partial charge on any atom is 0.326 e. The zero-order valence-corrected chi connectivity index (χ0v) is 20.4. The minimum atomic E-state index is -1.64. The average molecular weight is 510 g/mol. The number of phenolic OH excluding ortho intramolecular Hbond substituents is 1. The van der Waals surface area contributed by atoms with Crippen molar-refractivity contribution < 1.29 is 39.3 Å². The number of hydrogen-bond donors (Lipinski definition) is 8. The first kappa shape index (κ1) is 30.3. The second-order valence-electron chi connectivity index (χ2n) is 8.96. The lowest BCUT2D eigenvalue weighted by Gasteiger charge is -2.26. The highest BCUT2D eigenvalue weighted by Gasteiger charge is 2.33. The lowest BCUT2D eigenvalue weighted by atomic mass is 10.0. The number of carbonyl (C=O) groups is 5. The van der Waals surface area contributed by atoms with Crippen molar-refractivity contribution in [2.24, 2.45) is 17.4 Å². The van der Waals surface area contributed by atoms with Crippen LogP contribution in [-0.4, -0.2) is 75.2 Å². The summed E-state index contributed by atoms with van der Waals surface area (Å²) in [6, 6.07) is 0.265. The van der Waals surface area contributed by atoms with Crippen molar-refractivity contribution in [2.75, 3.05) is 0 Å². The SMILES string of the molecule is CC(C)CC(N)C(=O)NC(C(=O)NC(Cc1ccc(O)cc1)C(=O)NC(CC(N)=O)C(=O)O)C(C)O. The Labute approximate surface area is 208 Å². The van der Waals surface area contributed by atoms with Crippen molar-refractivity contribution in [3.8, 4) is 5.75 Å². The fraction of sp³-hybridized carbons (Fsp3) is 0.522. The molecule has 0 radical (unpaired) electrons. The Morgan fingerprint density at radius 2 is 1.44 bits per heavy atom. The first-order chi connectivity index (χ1) is 16.7. The second-order valence-corrected chi connectivity index (χ2v) is 8.96. The van der Waals surface area contributed by atoms with E-state index in [1.165, 1.54) is 31.2 Å². The Bertz CT molecular complexity index is 935. The van der Waals surface area contributed by atoms with E-state index in [2.05, 4.69) is 16.0 Å². The zero-order valence-electron chi connectivity index (χ0n) is 20.4. The minimum Gasteiger partial charge on any atom is -0.508 e. The molecule has 5 unspecified atom stereocenters. The molecule has 0 spiro atoms. The minimum absolute atomic E-state index is 0.0363. The molecule has 200 valence electrons. The lowest BCUT2D eigenvalue weighted by molar-refractivity contribution is -0.143. The molecule has 1 aromatic rings. The Morgan fingerprint density at radius 3 is 1.92 bits per heavy atom. The van der Waals surface area contributed by atoms with Gasteiger partial charge in [-0.1, -0.05) is 26.0 Å². The van der Waals surface area contributed by atoms with Crippen LogP contribution >= 0.6 is 0 Å². The number of primary amides is 1. The number of carboxylic acid groups (broad SMARTS) is 1. The van der Waals surface area contributed by atoms with E-state index in [9.17, 15) is 39.3 Å². The molecule has 0 saturated heterocycles. The Kier molecular flexibility index (Phi) is 11.8. The van der Waals surface area contributed by atoms with Crippen LogP contribution < -0.4 is 27.4 Å². The van der Waals surface area contributed by atoms with E-state index in [0.717, 1.165) is 0 Å². The monoisotopic (exact) mass is 509 g/mol. The third kappa shape index (κ3) is 10.3. The standard InChI is InChI=1S/C23H35N5O8/c1-11(2)8-15(24)20(32)28-19(12(3)29)22(34)26-16(9-13-4-6-14(30)7-5-13)21(33)27-17(23(35)36)10-18(25)31/h4-7,11-12,15-17,19,29-30H,8-10,24H2,1-3H3,(H2,25,31)(H,26,34)(H,27,33)(H,28,32)(H,35,36). The van der Waals surface area contributed by atoms with Gasteiger partial charge < -0.3 is 42.7 Å². The van der Waals surface area contributed by atoms with Gasteiger partial charge in [0.05, 0.1) is 18.6 Å². The summed E-state index contributed by atoms with van der Waals surface area (Å²) >= 11 is 0. The number of phenols is 1. The van der Waals surface area contributed by atoms with Gasteiger partial charge in [0.1, 0.15) is 23.9 Å². The van der Waals surface area contributed by atoms with Crippen molar-refractivity contribution in [1.29, 1.82) is 0 Å². The van der Waals surface area contributed by atoms with Crippen molar-refractivity contribution in [2.45, 2.75) is 70.3 Å². The smallest absolute Gasteiger partial charge is 0.326 e. The third-order valence-electron chi connectivity index (χ3n) is 5.15. The number of amides is 4. The summed E-state index contributed by atoms with van der Waals surface area (Å²) in [4.78, 5) is 61.0. The highest BCUT2D eigenvalue weighted by Crippen LogP contribution is 2.12. The largest absolute Gasteiger partial charge is 0.508 e. The van der Waals surface area contributed by atoms with E-state index in [1.807, 2.05) is 13.8 Å². The molecule has 13 heteroatoms. The molecule has 0 bridgehead atoms. The Hall–Kier alpha value is -3.71. The van der Waals surface area contributed by atoms with Gasteiger partial charge in [-0.3, -0.25) is 19.2 Å². The molecule has 0 aliphatic heterocycles. The number of hydrogen-bond acceptors (Lipinski definition) is 8. The number of aliphatic hydroxyl groups excluding tert-OH is 1. The molecule has 1 aromatic carbocycles. The molecular weight excluding hydrogens is 474 g/mol. The van der Waals surface area contributed by atoms with Crippen molar-refractivity contribution >= 4 is 29.6 Å². The van der Waals surface area contributed by atoms with Crippen molar-refractivity contribution in [3.05, 3.63) is 29.8 Å². The highest BCUT2D eigenvalue weighted by molar-refractivity contribution is 5.95. The summed E-state index contributed by atoms with van der Waals surface area (Å²) in [5.74, 6) is -4.94. The van der Waals surface area contributed by atoms with E-state index in [4.69, 9.17) is 11.5 Å². The normalized spacial score (nSPS) is 15.2.